The van der Waals surface area contributed by atoms with E-state index in [1.807, 2.05) is 24.3 Å². The van der Waals surface area contributed by atoms with Gasteiger partial charge in [0, 0.05) is 29.0 Å². The Kier molecular flexibility index (Phi) is 9.83. The molecule has 0 heterocycles. The van der Waals surface area contributed by atoms with E-state index in [1.54, 1.807) is 21.3 Å². The number of halogens is 1. The number of hydrogen-bond donors (Lipinski definition) is 0. The normalized spacial score (nSPS) is 12.4. The van der Waals surface area contributed by atoms with Crippen molar-refractivity contribution in [3.63, 3.8) is 0 Å². The Labute approximate surface area is 192 Å². The van der Waals surface area contributed by atoms with Crippen LogP contribution in [0.1, 0.15) is 57.6 Å². The summed E-state index contributed by atoms with van der Waals surface area (Å²) >= 11 is 6.28. The molecule has 1 unspecified atom stereocenters. The molecule has 0 aliphatic rings. The highest BCUT2D eigenvalue weighted by Crippen LogP contribution is 2.36. The molecule has 172 valence electrons. The van der Waals surface area contributed by atoms with Crippen LogP contribution in [0.25, 0.3) is 0 Å². The van der Waals surface area contributed by atoms with Gasteiger partial charge in [-0.25, -0.2) is 0 Å². The SMILES string of the molecule is COc1cc(OC)c(Cc2cccc(OCCC(C)CCCC(C)(C)Cl)c2)c(OC)c1. The van der Waals surface area contributed by atoms with Crippen LogP contribution < -0.4 is 18.9 Å². The van der Waals surface area contributed by atoms with Gasteiger partial charge >= 0.3 is 0 Å². The van der Waals surface area contributed by atoms with Gasteiger partial charge in [0.15, 0.2) is 0 Å². The Hall–Kier alpha value is -2.07. The highest BCUT2D eigenvalue weighted by atomic mass is 35.5. The molecule has 0 saturated carbocycles. The zero-order valence-corrected chi connectivity index (χ0v) is 20.6. The van der Waals surface area contributed by atoms with Crippen LogP contribution in [0.3, 0.4) is 0 Å². The summed E-state index contributed by atoms with van der Waals surface area (Å²) in [5.74, 6) is 3.71. The quantitative estimate of drug-likeness (QED) is 0.312. The minimum absolute atomic E-state index is 0.105. The largest absolute Gasteiger partial charge is 0.496 e. The van der Waals surface area contributed by atoms with Crippen LogP contribution in [-0.4, -0.2) is 32.8 Å². The van der Waals surface area contributed by atoms with Gasteiger partial charge in [-0.05, 0) is 50.3 Å². The molecule has 0 aliphatic carbocycles. The molecule has 31 heavy (non-hydrogen) atoms. The van der Waals surface area contributed by atoms with Crippen LogP contribution in [0.4, 0.5) is 0 Å². The van der Waals surface area contributed by atoms with Gasteiger partial charge in [-0.3, -0.25) is 0 Å². The van der Waals surface area contributed by atoms with Crippen LogP contribution in [-0.2, 0) is 6.42 Å². The standard InChI is InChI=1S/C26H37ClO4/c1-19(9-8-13-26(2,3)27)12-14-31-21-11-7-10-20(15-21)16-23-24(29-5)17-22(28-4)18-25(23)30-6/h7,10-11,15,17-19H,8-9,12-14,16H2,1-6H3. The van der Waals surface area contributed by atoms with Crippen molar-refractivity contribution in [2.75, 3.05) is 27.9 Å². The Morgan fingerprint density at radius 2 is 1.58 bits per heavy atom. The zero-order valence-electron chi connectivity index (χ0n) is 19.8. The van der Waals surface area contributed by atoms with Gasteiger partial charge in [-0.2, -0.15) is 0 Å². The minimum Gasteiger partial charge on any atom is -0.496 e. The van der Waals surface area contributed by atoms with E-state index in [-0.39, 0.29) is 4.87 Å². The van der Waals surface area contributed by atoms with Crippen LogP contribution >= 0.6 is 11.6 Å². The molecule has 2 aromatic carbocycles. The fourth-order valence-corrected chi connectivity index (χ4v) is 3.73. The van der Waals surface area contributed by atoms with Crippen molar-refractivity contribution < 1.29 is 18.9 Å². The Morgan fingerprint density at radius 3 is 2.16 bits per heavy atom. The maximum absolute atomic E-state index is 6.28. The van der Waals surface area contributed by atoms with Crippen molar-refractivity contribution in [3.8, 4) is 23.0 Å². The molecular weight excluding hydrogens is 412 g/mol. The molecule has 0 amide bonds. The molecule has 1 atom stereocenters. The summed E-state index contributed by atoms with van der Waals surface area (Å²) in [5, 5.41) is 0. The van der Waals surface area contributed by atoms with Gasteiger partial charge in [-0.15, -0.1) is 11.6 Å². The number of alkyl halides is 1. The predicted octanol–water partition coefficient (Wildman–Crippen LogP) is 6.90. The monoisotopic (exact) mass is 448 g/mol. The molecule has 0 fully saturated rings. The lowest BCUT2D eigenvalue weighted by Crippen LogP contribution is -2.11. The number of hydrogen-bond acceptors (Lipinski definition) is 4. The predicted molar refractivity (Wildman–Crippen MR) is 128 cm³/mol. The fourth-order valence-electron chi connectivity index (χ4n) is 3.59. The molecule has 5 heteroatoms. The van der Waals surface area contributed by atoms with Crippen molar-refractivity contribution >= 4 is 11.6 Å². The van der Waals surface area contributed by atoms with Crippen molar-refractivity contribution in [2.24, 2.45) is 5.92 Å². The number of benzene rings is 2. The summed E-state index contributed by atoms with van der Waals surface area (Å²) in [6.07, 6.45) is 5.08. The smallest absolute Gasteiger partial charge is 0.129 e. The van der Waals surface area contributed by atoms with Crippen molar-refractivity contribution in [2.45, 2.75) is 57.7 Å². The lowest BCUT2D eigenvalue weighted by molar-refractivity contribution is 0.276. The topological polar surface area (TPSA) is 36.9 Å². The second-order valence-corrected chi connectivity index (χ2v) is 9.71. The fraction of sp³-hybridized carbons (Fsp3) is 0.538. The van der Waals surface area contributed by atoms with Crippen molar-refractivity contribution in [3.05, 3.63) is 47.5 Å². The summed E-state index contributed by atoms with van der Waals surface area (Å²) in [7, 11) is 4.95. The van der Waals surface area contributed by atoms with Crippen LogP contribution in [0, 0.1) is 5.92 Å². The Bertz CT molecular complexity index is 788. The minimum atomic E-state index is -0.105. The Balaban J connectivity index is 1.96. The summed E-state index contributed by atoms with van der Waals surface area (Å²) in [6.45, 7) is 7.15. The van der Waals surface area contributed by atoms with Crippen LogP contribution in [0.15, 0.2) is 36.4 Å². The second-order valence-electron chi connectivity index (χ2n) is 8.69. The third-order valence-corrected chi connectivity index (χ3v) is 5.63. The molecule has 0 aliphatic heterocycles. The first-order valence-electron chi connectivity index (χ1n) is 10.9. The highest BCUT2D eigenvalue weighted by molar-refractivity contribution is 6.23. The van der Waals surface area contributed by atoms with E-state index in [1.165, 1.54) is 6.42 Å². The number of rotatable bonds is 13. The summed E-state index contributed by atoms with van der Waals surface area (Å²) < 4.78 is 22.5. The molecule has 0 spiro atoms. The molecule has 0 radical (unpaired) electrons. The van der Waals surface area contributed by atoms with E-state index < -0.39 is 0 Å². The molecule has 2 rings (SSSR count). The summed E-state index contributed by atoms with van der Waals surface area (Å²) in [4.78, 5) is -0.105. The van der Waals surface area contributed by atoms with Gasteiger partial charge in [0.05, 0.1) is 27.9 Å². The van der Waals surface area contributed by atoms with E-state index in [4.69, 9.17) is 30.5 Å². The third-order valence-electron chi connectivity index (χ3n) is 5.44. The molecule has 0 bridgehead atoms. The van der Waals surface area contributed by atoms with Crippen molar-refractivity contribution in [1.82, 2.24) is 0 Å². The number of methoxy groups -OCH3 is 3. The average Bonchev–Trinajstić information content (AvgIpc) is 2.73. The van der Waals surface area contributed by atoms with E-state index in [2.05, 4.69) is 32.9 Å². The highest BCUT2D eigenvalue weighted by Gasteiger charge is 2.15. The summed E-state index contributed by atoms with van der Waals surface area (Å²) in [6, 6.07) is 12.0. The van der Waals surface area contributed by atoms with E-state index in [0.29, 0.717) is 24.7 Å². The molecular formula is C26H37ClO4. The van der Waals surface area contributed by atoms with E-state index in [9.17, 15) is 0 Å². The van der Waals surface area contributed by atoms with E-state index >= 15 is 0 Å². The molecule has 0 aromatic heterocycles. The molecule has 2 aromatic rings. The summed E-state index contributed by atoms with van der Waals surface area (Å²) in [5.41, 5.74) is 2.12. The first-order chi connectivity index (χ1) is 14.8. The number of ether oxygens (including phenoxy) is 4. The average molecular weight is 449 g/mol. The van der Waals surface area contributed by atoms with Crippen LogP contribution in [0.2, 0.25) is 0 Å². The van der Waals surface area contributed by atoms with Crippen LogP contribution in [0.5, 0.6) is 23.0 Å². The first-order valence-corrected chi connectivity index (χ1v) is 11.3. The van der Waals surface area contributed by atoms with Gasteiger partial charge < -0.3 is 18.9 Å². The molecule has 4 nitrogen and oxygen atoms in total. The van der Waals surface area contributed by atoms with Gasteiger partial charge in [0.2, 0.25) is 0 Å². The van der Waals surface area contributed by atoms with Gasteiger partial charge in [-0.1, -0.05) is 31.9 Å². The molecule has 0 N–H and O–H groups in total. The lowest BCUT2D eigenvalue weighted by atomic mass is 9.97. The Morgan fingerprint density at radius 1 is 0.903 bits per heavy atom. The first kappa shape index (κ1) is 25.2. The van der Waals surface area contributed by atoms with Gasteiger partial charge in [0.1, 0.15) is 23.0 Å². The maximum Gasteiger partial charge on any atom is 0.129 e. The van der Waals surface area contributed by atoms with E-state index in [0.717, 1.165) is 47.6 Å². The zero-order chi connectivity index (χ0) is 22.9. The second kappa shape index (κ2) is 12.1. The lowest BCUT2D eigenvalue weighted by Gasteiger charge is -2.17. The van der Waals surface area contributed by atoms with Gasteiger partial charge in [0.25, 0.3) is 0 Å². The molecule has 0 saturated heterocycles. The maximum atomic E-state index is 6.28. The van der Waals surface area contributed by atoms with Crippen molar-refractivity contribution in [1.29, 1.82) is 0 Å². The third kappa shape index (κ3) is 8.53.